The lowest BCUT2D eigenvalue weighted by Gasteiger charge is -2.28. The zero-order valence-electron chi connectivity index (χ0n) is 16.0. The number of rotatable bonds is 5. The summed E-state index contributed by atoms with van der Waals surface area (Å²) in [6.45, 7) is 2.16. The van der Waals surface area contributed by atoms with Gasteiger partial charge in [-0.05, 0) is 48.9 Å². The summed E-state index contributed by atoms with van der Waals surface area (Å²) in [6.07, 6.45) is 1.03. The zero-order chi connectivity index (χ0) is 18.5. The molecular weight excluding hydrogens is 379 g/mol. The Morgan fingerprint density at radius 2 is 0.893 bits per heavy atom. The molecule has 0 aliphatic carbocycles. The molecule has 0 atom stereocenters. The Bertz CT molecular complexity index is 941. The molecule has 0 saturated heterocycles. The fourth-order valence-corrected chi connectivity index (χ4v) is 7.96. The van der Waals surface area contributed by atoms with Crippen molar-refractivity contribution in [1.82, 2.24) is 0 Å². The molecule has 0 unspecified atom stereocenters. The highest BCUT2D eigenvalue weighted by atomic mass is 35.5. The maximum absolute atomic E-state index is 2.34. The molecule has 0 radical (unpaired) electrons. The zero-order valence-corrected chi connectivity index (χ0v) is 17.7. The number of hydrogen-bond donors (Lipinski definition) is 0. The van der Waals surface area contributed by atoms with Crippen molar-refractivity contribution in [1.29, 1.82) is 0 Å². The van der Waals surface area contributed by atoms with Crippen LogP contribution in [-0.4, -0.2) is 0 Å². The summed E-state index contributed by atoms with van der Waals surface area (Å²) in [5.74, 6) is 0. The van der Waals surface area contributed by atoms with Crippen LogP contribution in [0.2, 0.25) is 0 Å². The summed E-state index contributed by atoms with van der Waals surface area (Å²) in [4.78, 5) is 0. The molecule has 0 amide bonds. The standard InChI is InChI=1S/C26H24P.ClH/c1-22-17-19-26(20-18-22)27(24-13-7-3-8-14-24,25-15-9-4-10-16-25)21-23-11-5-2-6-12-23;/h2-20H,21H2,1H3;1H/q+1;/p-1. The predicted molar refractivity (Wildman–Crippen MR) is 120 cm³/mol. The van der Waals surface area contributed by atoms with Gasteiger partial charge in [0, 0.05) is 0 Å². The molecule has 0 fully saturated rings. The van der Waals surface area contributed by atoms with Crippen LogP contribution in [0.4, 0.5) is 0 Å². The molecule has 28 heavy (non-hydrogen) atoms. The second-order valence-corrected chi connectivity index (χ2v) is 10.4. The van der Waals surface area contributed by atoms with Gasteiger partial charge in [0.25, 0.3) is 0 Å². The lowest BCUT2D eigenvalue weighted by atomic mass is 10.2. The van der Waals surface area contributed by atoms with E-state index in [1.807, 2.05) is 0 Å². The molecule has 0 saturated carbocycles. The van der Waals surface area contributed by atoms with E-state index >= 15 is 0 Å². The molecule has 0 nitrogen and oxygen atoms in total. The summed E-state index contributed by atoms with van der Waals surface area (Å²) in [5.41, 5.74) is 2.69. The summed E-state index contributed by atoms with van der Waals surface area (Å²) in [7, 11) is -1.79. The molecule has 4 aromatic rings. The molecule has 0 N–H and O–H groups in total. The Labute approximate surface area is 175 Å². The third-order valence-corrected chi connectivity index (χ3v) is 9.51. The minimum absolute atomic E-state index is 0. The van der Waals surface area contributed by atoms with Crippen LogP contribution in [-0.2, 0) is 6.16 Å². The van der Waals surface area contributed by atoms with E-state index in [4.69, 9.17) is 0 Å². The molecular formula is C26H24ClP. The number of hydrogen-bond acceptors (Lipinski definition) is 0. The predicted octanol–water partition coefficient (Wildman–Crippen LogP) is 2.49. The Hall–Kier alpha value is -2.40. The molecule has 0 spiro atoms. The fourth-order valence-electron chi connectivity index (χ4n) is 3.74. The Morgan fingerprint density at radius 3 is 1.36 bits per heavy atom. The van der Waals surface area contributed by atoms with Crippen molar-refractivity contribution in [2.75, 3.05) is 0 Å². The molecule has 0 aliphatic rings. The van der Waals surface area contributed by atoms with Crippen LogP contribution in [0.3, 0.4) is 0 Å². The highest BCUT2D eigenvalue weighted by Crippen LogP contribution is 2.58. The smallest absolute Gasteiger partial charge is 0.116 e. The molecule has 0 bridgehead atoms. The third-order valence-electron chi connectivity index (χ3n) is 5.13. The maximum Gasteiger partial charge on any atom is 0.116 e. The van der Waals surface area contributed by atoms with Gasteiger partial charge in [0.05, 0.1) is 6.16 Å². The number of aryl methyl sites for hydroxylation is 1. The van der Waals surface area contributed by atoms with Crippen LogP contribution in [0.15, 0.2) is 115 Å². The van der Waals surface area contributed by atoms with Gasteiger partial charge in [0.15, 0.2) is 0 Å². The first-order valence-electron chi connectivity index (χ1n) is 9.39. The minimum Gasteiger partial charge on any atom is -1.00 e. The van der Waals surface area contributed by atoms with Crippen LogP contribution in [0.1, 0.15) is 11.1 Å². The molecule has 0 aromatic heterocycles. The SMILES string of the molecule is Cc1ccc([P+](Cc2ccccc2)(c2ccccc2)c2ccccc2)cc1.[Cl-]. The first-order chi connectivity index (χ1) is 13.3. The largest absolute Gasteiger partial charge is 1.00 e. The lowest BCUT2D eigenvalue weighted by molar-refractivity contribution is -0.00000532. The van der Waals surface area contributed by atoms with Crippen molar-refractivity contribution in [3.05, 3.63) is 126 Å². The van der Waals surface area contributed by atoms with Crippen LogP contribution in [0, 0.1) is 6.92 Å². The van der Waals surface area contributed by atoms with Crippen LogP contribution < -0.4 is 28.3 Å². The van der Waals surface area contributed by atoms with Crippen molar-refractivity contribution in [3.63, 3.8) is 0 Å². The van der Waals surface area contributed by atoms with E-state index in [1.165, 1.54) is 27.0 Å². The van der Waals surface area contributed by atoms with Gasteiger partial charge in [-0.2, -0.15) is 0 Å². The summed E-state index contributed by atoms with van der Waals surface area (Å²) in [5, 5.41) is 4.31. The van der Waals surface area contributed by atoms with Gasteiger partial charge < -0.3 is 12.4 Å². The summed E-state index contributed by atoms with van der Waals surface area (Å²) < 4.78 is 0. The van der Waals surface area contributed by atoms with Gasteiger partial charge in [0.1, 0.15) is 23.2 Å². The molecule has 0 aliphatic heterocycles. The Morgan fingerprint density at radius 1 is 0.500 bits per heavy atom. The van der Waals surface area contributed by atoms with E-state index in [2.05, 4.69) is 122 Å². The van der Waals surface area contributed by atoms with Gasteiger partial charge in [-0.1, -0.05) is 84.4 Å². The highest BCUT2D eigenvalue weighted by Gasteiger charge is 2.45. The maximum atomic E-state index is 2.34. The number of benzene rings is 4. The fraction of sp³-hybridized carbons (Fsp3) is 0.0769. The highest BCUT2D eigenvalue weighted by molar-refractivity contribution is 7.95. The van der Waals surface area contributed by atoms with E-state index < -0.39 is 7.26 Å². The second kappa shape index (κ2) is 9.20. The van der Waals surface area contributed by atoms with Crippen LogP contribution >= 0.6 is 7.26 Å². The molecule has 140 valence electrons. The van der Waals surface area contributed by atoms with Gasteiger partial charge in [-0.3, -0.25) is 0 Å². The van der Waals surface area contributed by atoms with Gasteiger partial charge in [-0.15, -0.1) is 0 Å². The van der Waals surface area contributed by atoms with E-state index in [1.54, 1.807) is 0 Å². The van der Waals surface area contributed by atoms with Gasteiger partial charge in [0.2, 0.25) is 0 Å². The monoisotopic (exact) mass is 402 g/mol. The average Bonchev–Trinajstić information content (AvgIpc) is 2.75. The molecule has 4 rings (SSSR count). The topological polar surface area (TPSA) is 0 Å². The van der Waals surface area contributed by atoms with Gasteiger partial charge in [-0.25, -0.2) is 0 Å². The molecule has 0 heterocycles. The van der Waals surface area contributed by atoms with Crippen LogP contribution in [0.5, 0.6) is 0 Å². The first kappa shape index (κ1) is 20.3. The third kappa shape index (κ3) is 4.04. The van der Waals surface area contributed by atoms with Crippen molar-refractivity contribution >= 4 is 23.2 Å². The summed E-state index contributed by atoms with van der Waals surface area (Å²) >= 11 is 0. The normalized spacial score (nSPS) is 10.9. The van der Waals surface area contributed by atoms with E-state index in [9.17, 15) is 0 Å². The quantitative estimate of drug-likeness (QED) is 0.450. The summed E-state index contributed by atoms with van der Waals surface area (Å²) in [6, 6.07) is 42.2. The second-order valence-electron chi connectivity index (χ2n) is 6.96. The van der Waals surface area contributed by atoms with Crippen molar-refractivity contribution in [2.24, 2.45) is 0 Å². The van der Waals surface area contributed by atoms with E-state index in [-0.39, 0.29) is 12.4 Å². The van der Waals surface area contributed by atoms with Crippen LogP contribution in [0.25, 0.3) is 0 Å². The Balaban J connectivity index is 0.00000225. The average molecular weight is 403 g/mol. The lowest BCUT2D eigenvalue weighted by Crippen LogP contribution is -3.00. The van der Waals surface area contributed by atoms with E-state index in [0.29, 0.717) is 0 Å². The Kier molecular flexibility index (Phi) is 6.68. The molecule has 2 heteroatoms. The van der Waals surface area contributed by atoms with E-state index in [0.717, 1.165) is 6.16 Å². The van der Waals surface area contributed by atoms with Crippen molar-refractivity contribution in [2.45, 2.75) is 13.1 Å². The number of halogens is 1. The first-order valence-corrected chi connectivity index (χ1v) is 11.4. The van der Waals surface area contributed by atoms with Crippen molar-refractivity contribution < 1.29 is 12.4 Å². The van der Waals surface area contributed by atoms with Crippen molar-refractivity contribution in [3.8, 4) is 0 Å². The minimum atomic E-state index is -1.79. The molecule has 4 aromatic carbocycles. The van der Waals surface area contributed by atoms with Gasteiger partial charge >= 0.3 is 0 Å².